The van der Waals surface area contributed by atoms with Crippen LogP contribution in [0.4, 0.5) is 0 Å². The third kappa shape index (κ3) is 16.0. The molecule has 0 bridgehead atoms. The lowest BCUT2D eigenvalue weighted by Gasteiger charge is -2.22. The van der Waals surface area contributed by atoms with E-state index >= 15 is 0 Å². The molecule has 0 spiro atoms. The summed E-state index contributed by atoms with van der Waals surface area (Å²) in [7, 11) is 0. The maximum Gasteiger partial charge on any atom is 0.270 e. The number of carbonyl (C=O) groups is 1. The molecular weight excluding hydrogens is 502 g/mol. The summed E-state index contributed by atoms with van der Waals surface area (Å²) in [5.74, 6) is -0.136. The molecule has 1 aliphatic rings. The molecule has 0 unspecified atom stereocenters. The molecule has 2 rings (SSSR count). The number of unbranched alkanes of at least 4 members (excludes halogenated alkanes) is 16. The Morgan fingerprint density at radius 3 is 1.75 bits per heavy atom. The lowest BCUT2D eigenvalue weighted by molar-refractivity contribution is -0.0786. The first-order valence-electron chi connectivity index (χ1n) is 16.7. The van der Waals surface area contributed by atoms with Crippen molar-refractivity contribution in [1.29, 1.82) is 0 Å². The van der Waals surface area contributed by atoms with Crippen LogP contribution in [-0.4, -0.2) is 57.0 Å². The van der Waals surface area contributed by atoms with E-state index in [0.717, 1.165) is 57.8 Å². The molecule has 1 saturated heterocycles. The Hall–Kier alpha value is -1.57. The number of aliphatic hydroxyl groups excluding tert-OH is 2. The zero-order valence-electron chi connectivity index (χ0n) is 25.4. The van der Waals surface area contributed by atoms with Crippen molar-refractivity contribution in [1.82, 2.24) is 15.3 Å². The van der Waals surface area contributed by atoms with E-state index in [1.807, 2.05) is 0 Å². The van der Waals surface area contributed by atoms with Crippen molar-refractivity contribution in [2.75, 3.05) is 6.54 Å². The van der Waals surface area contributed by atoms with Crippen molar-refractivity contribution >= 4 is 5.91 Å². The normalized spacial score (nSPS) is 18.6. The molecule has 1 fully saturated rings. The third-order valence-electron chi connectivity index (χ3n) is 8.32. The number of aliphatic hydroxyl groups is 2. The number of nitrogens with zero attached hydrogens (tertiary/aromatic N) is 2. The first-order chi connectivity index (χ1) is 19.6. The molecule has 1 amide bonds. The van der Waals surface area contributed by atoms with E-state index in [-0.39, 0.29) is 24.2 Å². The van der Waals surface area contributed by atoms with E-state index in [4.69, 9.17) is 4.74 Å². The summed E-state index contributed by atoms with van der Waals surface area (Å²) in [6.07, 6.45) is 27.5. The standard InChI is InChI=1S/C33H59N3O4/c1-2-3-4-5-6-7-8-11-14-17-20-29(37)31-22-23-32(40-31)30(38)21-18-15-12-9-10-13-16-19-25-35-33(39)28-24-26-34-27-36-28/h24,26-27,29-32,37-38H,2-23,25H2,1H3,(H,35,39)/t29-,30-,31-,32-/m1/s1. The van der Waals surface area contributed by atoms with Gasteiger partial charge in [0.2, 0.25) is 0 Å². The summed E-state index contributed by atoms with van der Waals surface area (Å²) >= 11 is 0. The zero-order chi connectivity index (χ0) is 28.7. The van der Waals surface area contributed by atoms with Crippen LogP contribution in [0.25, 0.3) is 0 Å². The van der Waals surface area contributed by atoms with Gasteiger partial charge < -0.3 is 20.3 Å². The number of rotatable bonds is 25. The van der Waals surface area contributed by atoms with Crippen molar-refractivity contribution < 1.29 is 19.7 Å². The van der Waals surface area contributed by atoms with Crippen molar-refractivity contribution in [3.05, 3.63) is 24.3 Å². The van der Waals surface area contributed by atoms with Gasteiger partial charge in [-0.05, 0) is 38.2 Å². The zero-order valence-corrected chi connectivity index (χ0v) is 25.4. The van der Waals surface area contributed by atoms with Gasteiger partial charge in [-0.15, -0.1) is 0 Å². The second-order valence-electron chi connectivity index (χ2n) is 11.9. The van der Waals surface area contributed by atoms with E-state index in [2.05, 4.69) is 22.2 Å². The van der Waals surface area contributed by atoms with Crippen molar-refractivity contribution in [2.45, 2.75) is 173 Å². The number of hydrogen-bond acceptors (Lipinski definition) is 6. The van der Waals surface area contributed by atoms with Gasteiger partial charge in [-0.3, -0.25) is 4.79 Å². The molecule has 1 aromatic heterocycles. The fourth-order valence-electron chi connectivity index (χ4n) is 5.72. The molecule has 40 heavy (non-hydrogen) atoms. The highest BCUT2D eigenvalue weighted by molar-refractivity contribution is 5.91. The molecule has 0 saturated carbocycles. The van der Waals surface area contributed by atoms with Crippen LogP contribution in [0.3, 0.4) is 0 Å². The number of ether oxygens (including phenoxy) is 1. The van der Waals surface area contributed by atoms with Crippen LogP contribution in [0.2, 0.25) is 0 Å². The summed E-state index contributed by atoms with van der Waals surface area (Å²) in [5.41, 5.74) is 0.414. The quantitative estimate of drug-likeness (QED) is 0.108. The second kappa shape index (κ2) is 23.0. The van der Waals surface area contributed by atoms with Gasteiger partial charge in [0, 0.05) is 12.7 Å². The molecule has 7 heteroatoms. The maximum atomic E-state index is 11.9. The molecule has 4 atom stereocenters. The summed E-state index contributed by atoms with van der Waals surface area (Å²) in [4.78, 5) is 19.7. The van der Waals surface area contributed by atoms with Crippen LogP contribution in [0, 0.1) is 0 Å². The van der Waals surface area contributed by atoms with Gasteiger partial charge >= 0.3 is 0 Å². The lowest BCUT2D eigenvalue weighted by atomic mass is 10.00. The average molecular weight is 562 g/mol. The number of nitrogens with one attached hydrogen (secondary N) is 1. The van der Waals surface area contributed by atoms with Gasteiger partial charge in [-0.1, -0.05) is 116 Å². The lowest BCUT2D eigenvalue weighted by Crippen LogP contribution is -2.31. The van der Waals surface area contributed by atoms with Gasteiger partial charge in [0.1, 0.15) is 12.0 Å². The number of amides is 1. The highest BCUT2D eigenvalue weighted by Crippen LogP contribution is 2.28. The highest BCUT2D eigenvalue weighted by Gasteiger charge is 2.33. The van der Waals surface area contributed by atoms with Crippen LogP contribution in [-0.2, 0) is 4.74 Å². The fourth-order valence-corrected chi connectivity index (χ4v) is 5.72. The first kappa shape index (κ1) is 34.6. The molecule has 7 nitrogen and oxygen atoms in total. The van der Waals surface area contributed by atoms with Gasteiger partial charge in [0.25, 0.3) is 5.91 Å². The van der Waals surface area contributed by atoms with Crippen LogP contribution < -0.4 is 5.32 Å². The summed E-state index contributed by atoms with van der Waals surface area (Å²) in [5, 5.41) is 24.1. The summed E-state index contributed by atoms with van der Waals surface area (Å²) < 4.78 is 6.08. The molecule has 1 aromatic rings. The summed E-state index contributed by atoms with van der Waals surface area (Å²) in [6.45, 7) is 2.94. The van der Waals surface area contributed by atoms with Crippen LogP contribution in [0.5, 0.6) is 0 Å². The van der Waals surface area contributed by atoms with Crippen LogP contribution >= 0.6 is 0 Å². The Kier molecular flexibility index (Phi) is 19.9. The van der Waals surface area contributed by atoms with E-state index in [0.29, 0.717) is 12.2 Å². The van der Waals surface area contributed by atoms with Gasteiger partial charge in [-0.2, -0.15) is 0 Å². The number of carbonyl (C=O) groups excluding carboxylic acids is 1. The van der Waals surface area contributed by atoms with E-state index in [1.54, 1.807) is 12.3 Å². The largest absolute Gasteiger partial charge is 0.390 e. The molecule has 2 heterocycles. The minimum absolute atomic E-state index is 0.0983. The SMILES string of the molecule is CCCCCCCCCCCC[C@@H](O)[C@H]1CC[C@H]([C@H](O)CCCCCCCCCCNC(=O)c2ccncn2)O1. The second-order valence-corrected chi connectivity index (χ2v) is 11.9. The Balaban J connectivity index is 1.36. The number of hydrogen-bond donors (Lipinski definition) is 3. The average Bonchev–Trinajstić information content (AvgIpc) is 3.48. The predicted molar refractivity (Wildman–Crippen MR) is 162 cm³/mol. The molecule has 0 radical (unpaired) electrons. The minimum Gasteiger partial charge on any atom is -0.390 e. The minimum atomic E-state index is -0.410. The Morgan fingerprint density at radius 1 is 0.800 bits per heavy atom. The van der Waals surface area contributed by atoms with E-state index in [1.165, 1.54) is 89.8 Å². The maximum absolute atomic E-state index is 11.9. The van der Waals surface area contributed by atoms with Crippen molar-refractivity contribution in [3.63, 3.8) is 0 Å². The molecule has 230 valence electrons. The smallest absolute Gasteiger partial charge is 0.270 e. The molecule has 1 aliphatic heterocycles. The molecule has 3 N–H and O–H groups in total. The Morgan fingerprint density at radius 2 is 1.27 bits per heavy atom. The van der Waals surface area contributed by atoms with E-state index in [9.17, 15) is 15.0 Å². The van der Waals surface area contributed by atoms with Crippen LogP contribution in [0.1, 0.15) is 159 Å². The molecule has 0 aliphatic carbocycles. The van der Waals surface area contributed by atoms with Crippen molar-refractivity contribution in [3.8, 4) is 0 Å². The van der Waals surface area contributed by atoms with Gasteiger partial charge in [0.05, 0.1) is 24.4 Å². The Labute approximate surface area is 244 Å². The predicted octanol–water partition coefficient (Wildman–Crippen LogP) is 7.30. The Bertz CT molecular complexity index is 736. The van der Waals surface area contributed by atoms with Gasteiger partial charge in [0.15, 0.2) is 0 Å². The van der Waals surface area contributed by atoms with Gasteiger partial charge in [-0.25, -0.2) is 9.97 Å². The molecule has 0 aromatic carbocycles. The van der Waals surface area contributed by atoms with E-state index < -0.39 is 6.10 Å². The highest BCUT2D eigenvalue weighted by atomic mass is 16.5. The third-order valence-corrected chi connectivity index (χ3v) is 8.32. The van der Waals surface area contributed by atoms with Crippen LogP contribution in [0.15, 0.2) is 18.6 Å². The molecular formula is C33H59N3O4. The van der Waals surface area contributed by atoms with Crippen molar-refractivity contribution in [2.24, 2.45) is 0 Å². The summed E-state index contributed by atoms with van der Waals surface area (Å²) in [6, 6.07) is 1.62. The number of aromatic nitrogens is 2. The first-order valence-corrected chi connectivity index (χ1v) is 16.7. The monoisotopic (exact) mass is 561 g/mol. The topological polar surface area (TPSA) is 105 Å². The fraction of sp³-hybridized carbons (Fsp3) is 0.848.